The lowest BCUT2D eigenvalue weighted by Crippen LogP contribution is -2.30. The summed E-state index contributed by atoms with van der Waals surface area (Å²) in [4.78, 5) is 4.91. The standard InChI is InChI=1S/C30H29N2/c1-20-8-10-22(11-9-20)23-12-16-32(3)28(18-23)25-19-27-26(17-21(25)2)24-7-6-15-31-29(24)30(27)13-4-5-14-30/h6-12,15-19H,4-5,13-14H2,1-3H3/q+1. The molecule has 0 N–H and O–H groups in total. The van der Waals surface area contributed by atoms with Crippen molar-refractivity contribution in [1.82, 2.24) is 4.98 Å². The van der Waals surface area contributed by atoms with Gasteiger partial charge in [0.2, 0.25) is 5.69 Å². The Morgan fingerprint density at radius 3 is 2.38 bits per heavy atom. The predicted octanol–water partition coefficient (Wildman–Crippen LogP) is 6.70. The molecule has 1 fully saturated rings. The van der Waals surface area contributed by atoms with E-state index in [1.165, 1.54) is 81.6 Å². The summed E-state index contributed by atoms with van der Waals surface area (Å²) >= 11 is 0. The lowest BCUT2D eigenvalue weighted by Gasteiger charge is -2.25. The molecule has 0 saturated heterocycles. The monoisotopic (exact) mass is 417 g/mol. The van der Waals surface area contributed by atoms with Crippen LogP contribution in [0.1, 0.15) is 48.1 Å². The minimum absolute atomic E-state index is 0.0987. The van der Waals surface area contributed by atoms with Gasteiger partial charge in [-0.25, -0.2) is 4.57 Å². The van der Waals surface area contributed by atoms with Gasteiger partial charge < -0.3 is 0 Å². The van der Waals surface area contributed by atoms with Crippen LogP contribution >= 0.6 is 0 Å². The molecule has 0 bridgehead atoms. The summed E-state index contributed by atoms with van der Waals surface area (Å²) in [7, 11) is 2.16. The van der Waals surface area contributed by atoms with E-state index < -0.39 is 0 Å². The van der Waals surface area contributed by atoms with Gasteiger partial charge in [0.05, 0.1) is 5.69 Å². The van der Waals surface area contributed by atoms with Crippen molar-refractivity contribution in [2.45, 2.75) is 44.9 Å². The Balaban J connectivity index is 1.54. The van der Waals surface area contributed by atoms with Crippen LogP contribution in [0.25, 0.3) is 33.5 Å². The second kappa shape index (κ2) is 7.13. The molecule has 0 radical (unpaired) electrons. The number of hydrogen-bond acceptors (Lipinski definition) is 1. The highest BCUT2D eigenvalue weighted by atomic mass is 14.9. The summed E-state index contributed by atoms with van der Waals surface area (Å²) in [6, 6.07) is 22.7. The van der Waals surface area contributed by atoms with E-state index in [0.29, 0.717) is 0 Å². The van der Waals surface area contributed by atoms with Crippen LogP contribution in [-0.2, 0) is 12.5 Å². The molecule has 4 aromatic rings. The fourth-order valence-electron chi connectivity index (χ4n) is 5.98. The molecule has 2 aliphatic carbocycles. The molecule has 0 atom stereocenters. The molecule has 158 valence electrons. The van der Waals surface area contributed by atoms with Gasteiger partial charge in [0.1, 0.15) is 7.05 Å². The van der Waals surface area contributed by atoms with Crippen molar-refractivity contribution in [2.24, 2.45) is 7.05 Å². The quantitative estimate of drug-likeness (QED) is 0.332. The fraction of sp³-hybridized carbons (Fsp3) is 0.267. The average molecular weight is 418 g/mol. The van der Waals surface area contributed by atoms with Crippen molar-refractivity contribution in [1.29, 1.82) is 0 Å². The molecule has 2 heteroatoms. The van der Waals surface area contributed by atoms with E-state index in [2.05, 4.69) is 92.3 Å². The Morgan fingerprint density at radius 1 is 0.812 bits per heavy atom. The molecule has 2 nitrogen and oxygen atoms in total. The minimum atomic E-state index is 0.0987. The number of hydrogen-bond donors (Lipinski definition) is 0. The summed E-state index contributed by atoms with van der Waals surface area (Å²) in [5, 5.41) is 0. The van der Waals surface area contributed by atoms with Gasteiger partial charge in [-0.2, -0.15) is 0 Å². The largest absolute Gasteiger partial charge is 0.260 e. The maximum absolute atomic E-state index is 4.91. The zero-order chi connectivity index (χ0) is 21.9. The molecule has 0 aliphatic heterocycles. The zero-order valence-corrected chi connectivity index (χ0v) is 19.2. The first-order valence-electron chi connectivity index (χ1n) is 11.7. The van der Waals surface area contributed by atoms with Gasteiger partial charge in [-0.15, -0.1) is 0 Å². The van der Waals surface area contributed by atoms with Crippen LogP contribution < -0.4 is 4.57 Å². The van der Waals surface area contributed by atoms with Crippen LogP contribution in [0.15, 0.2) is 73.1 Å². The Labute approximate surface area is 190 Å². The van der Waals surface area contributed by atoms with E-state index in [1.54, 1.807) is 0 Å². The third-order valence-corrected chi connectivity index (χ3v) is 7.70. The molecule has 2 aliphatic rings. The molecule has 2 aromatic carbocycles. The molecule has 2 heterocycles. The van der Waals surface area contributed by atoms with E-state index in [9.17, 15) is 0 Å². The Hall–Kier alpha value is -3.26. The first kappa shape index (κ1) is 19.4. The van der Waals surface area contributed by atoms with E-state index in [4.69, 9.17) is 4.98 Å². The molecular weight excluding hydrogens is 388 g/mol. The SMILES string of the molecule is Cc1ccc(-c2cc[n+](C)c(-c3cc4c(cc3C)-c3cccnc3C43CCCC3)c2)cc1. The summed E-state index contributed by atoms with van der Waals surface area (Å²) < 4.78 is 2.26. The molecule has 2 aromatic heterocycles. The summed E-state index contributed by atoms with van der Waals surface area (Å²) in [5.41, 5.74) is 13.4. The number of nitrogens with zero attached hydrogens (tertiary/aromatic N) is 2. The van der Waals surface area contributed by atoms with Crippen molar-refractivity contribution >= 4 is 0 Å². The first-order chi connectivity index (χ1) is 15.6. The van der Waals surface area contributed by atoms with Crippen LogP contribution in [0.2, 0.25) is 0 Å². The van der Waals surface area contributed by atoms with Gasteiger partial charge >= 0.3 is 0 Å². The predicted molar refractivity (Wildman–Crippen MR) is 130 cm³/mol. The van der Waals surface area contributed by atoms with Crippen LogP contribution in [0.4, 0.5) is 0 Å². The molecule has 0 amide bonds. The smallest absolute Gasteiger partial charge is 0.213 e. The first-order valence-corrected chi connectivity index (χ1v) is 11.7. The van der Waals surface area contributed by atoms with Crippen molar-refractivity contribution in [3.8, 4) is 33.5 Å². The molecule has 6 rings (SSSR count). The molecule has 32 heavy (non-hydrogen) atoms. The number of fused-ring (bicyclic) bond motifs is 5. The molecular formula is C30H29N2+. The number of aromatic nitrogens is 2. The van der Waals surface area contributed by atoms with Crippen molar-refractivity contribution in [3.63, 3.8) is 0 Å². The fourth-order valence-corrected chi connectivity index (χ4v) is 5.98. The van der Waals surface area contributed by atoms with Gasteiger partial charge in [-0.3, -0.25) is 4.98 Å². The van der Waals surface area contributed by atoms with E-state index in [1.807, 2.05) is 6.20 Å². The van der Waals surface area contributed by atoms with E-state index >= 15 is 0 Å². The van der Waals surface area contributed by atoms with Crippen molar-refractivity contribution < 1.29 is 4.57 Å². The number of benzene rings is 2. The van der Waals surface area contributed by atoms with Gasteiger partial charge in [0.25, 0.3) is 0 Å². The van der Waals surface area contributed by atoms with Crippen LogP contribution in [0.5, 0.6) is 0 Å². The molecule has 1 spiro atoms. The van der Waals surface area contributed by atoms with Crippen LogP contribution in [-0.4, -0.2) is 4.98 Å². The van der Waals surface area contributed by atoms with Gasteiger partial charge in [-0.1, -0.05) is 54.8 Å². The lowest BCUT2D eigenvalue weighted by molar-refractivity contribution is -0.660. The Morgan fingerprint density at radius 2 is 1.59 bits per heavy atom. The maximum atomic E-state index is 4.91. The third kappa shape index (κ3) is 2.79. The molecule has 0 unspecified atom stereocenters. The highest BCUT2D eigenvalue weighted by Crippen LogP contribution is 2.56. The second-order valence-electron chi connectivity index (χ2n) is 9.68. The Kier molecular flexibility index (Phi) is 4.33. The van der Waals surface area contributed by atoms with Crippen molar-refractivity contribution in [2.75, 3.05) is 0 Å². The Bertz CT molecular complexity index is 1340. The van der Waals surface area contributed by atoms with E-state index in [-0.39, 0.29) is 5.41 Å². The average Bonchev–Trinajstić information content (AvgIpc) is 3.40. The lowest BCUT2D eigenvalue weighted by atomic mass is 9.78. The number of pyridine rings is 2. The minimum Gasteiger partial charge on any atom is -0.260 e. The maximum Gasteiger partial charge on any atom is 0.213 e. The zero-order valence-electron chi connectivity index (χ0n) is 19.2. The molecule has 1 saturated carbocycles. The number of rotatable bonds is 2. The summed E-state index contributed by atoms with van der Waals surface area (Å²) in [5.74, 6) is 0. The van der Waals surface area contributed by atoms with Gasteiger partial charge in [0.15, 0.2) is 6.20 Å². The normalized spacial score (nSPS) is 15.7. The summed E-state index contributed by atoms with van der Waals surface area (Å²) in [6.45, 7) is 4.39. The van der Waals surface area contributed by atoms with Gasteiger partial charge in [0, 0.05) is 34.9 Å². The van der Waals surface area contributed by atoms with Crippen LogP contribution in [0.3, 0.4) is 0 Å². The highest BCUT2D eigenvalue weighted by Gasteiger charge is 2.46. The van der Waals surface area contributed by atoms with Gasteiger partial charge in [-0.05, 0) is 66.6 Å². The topological polar surface area (TPSA) is 16.8 Å². The van der Waals surface area contributed by atoms with E-state index in [0.717, 1.165) is 0 Å². The van der Waals surface area contributed by atoms with Crippen LogP contribution in [0, 0.1) is 13.8 Å². The second-order valence-corrected chi connectivity index (χ2v) is 9.68. The number of aryl methyl sites for hydroxylation is 3. The highest BCUT2D eigenvalue weighted by molar-refractivity contribution is 5.84. The third-order valence-electron chi connectivity index (χ3n) is 7.70. The van der Waals surface area contributed by atoms with Crippen molar-refractivity contribution in [3.05, 3.63) is 95.4 Å². The summed E-state index contributed by atoms with van der Waals surface area (Å²) in [6.07, 6.45) is 9.16.